The summed E-state index contributed by atoms with van der Waals surface area (Å²) in [6.07, 6.45) is 3.81. The fourth-order valence-corrected chi connectivity index (χ4v) is 1.36. The molecule has 0 spiro atoms. The Morgan fingerprint density at radius 3 is 2.86 bits per heavy atom. The van der Waals surface area contributed by atoms with Gasteiger partial charge in [0.15, 0.2) is 5.82 Å². The van der Waals surface area contributed by atoms with Gasteiger partial charge in [0.1, 0.15) is 12.0 Å². The highest BCUT2D eigenvalue weighted by Crippen LogP contribution is 2.21. The van der Waals surface area contributed by atoms with Gasteiger partial charge in [0.25, 0.3) is 0 Å². The molecule has 1 aromatic rings. The van der Waals surface area contributed by atoms with Crippen molar-refractivity contribution in [1.29, 1.82) is 0 Å². The largest absolute Gasteiger partial charge is 0.399 e. The van der Waals surface area contributed by atoms with Crippen LogP contribution in [0.3, 0.4) is 0 Å². The third-order valence-corrected chi connectivity index (χ3v) is 2.41. The van der Waals surface area contributed by atoms with E-state index in [1.54, 1.807) is 19.2 Å². The number of halogens is 1. The summed E-state index contributed by atoms with van der Waals surface area (Å²) >= 11 is 4.87. The van der Waals surface area contributed by atoms with Gasteiger partial charge in [-0.1, -0.05) is 12.2 Å². The summed E-state index contributed by atoms with van der Waals surface area (Å²) in [6.45, 7) is 2.18. The molecule has 1 aromatic carbocycles. The number of anilines is 1. The van der Waals surface area contributed by atoms with E-state index < -0.39 is 5.82 Å². The summed E-state index contributed by atoms with van der Waals surface area (Å²) in [5, 5.41) is 5.80. The third-order valence-electron chi connectivity index (χ3n) is 2.26. The van der Waals surface area contributed by atoms with Crippen molar-refractivity contribution >= 4 is 41.3 Å². The Morgan fingerprint density at radius 2 is 2.24 bits per heavy atom. The molecule has 6 nitrogen and oxygen atoms in total. The number of thiocarbonyl (C=S) groups is 1. The number of nitrogens with zero attached hydrogens (tertiary/aromatic N) is 2. The van der Waals surface area contributed by atoms with Gasteiger partial charge in [-0.15, -0.1) is 0 Å². The van der Waals surface area contributed by atoms with Crippen molar-refractivity contribution in [3.63, 3.8) is 0 Å². The summed E-state index contributed by atoms with van der Waals surface area (Å²) in [5.41, 5.74) is 12.1. The fourth-order valence-electron chi connectivity index (χ4n) is 1.29. The predicted molar refractivity (Wildman–Crippen MR) is 89.4 cm³/mol. The van der Waals surface area contributed by atoms with Crippen molar-refractivity contribution in [3.05, 3.63) is 35.9 Å². The van der Waals surface area contributed by atoms with Crippen LogP contribution in [0.4, 0.5) is 15.8 Å². The second-order valence-corrected chi connectivity index (χ2v) is 4.59. The van der Waals surface area contributed by atoms with E-state index in [2.05, 4.69) is 20.6 Å². The first kappa shape index (κ1) is 16.6. The highest BCUT2D eigenvalue weighted by atomic mass is 32.1. The molecule has 21 heavy (non-hydrogen) atoms. The van der Waals surface area contributed by atoms with Crippen molar-refractivity contribution in [1.82, 2.24) is 5.32 Å². The lowest BCUT2D eigenvalue weighted by molar-refractivity contribution is 0.630. The number of hydrogen-bond acceptors (Lipinski definition) is 4. The zero-order valence-corrected chi connectivity index (χ0v) is 12.3. The Balaban J connectivity index is 2.67. The molecule has 0 fully saturated rings. The van der Waals surface area contributed by atoms with Crippen LogP contribution in [-0.2, 0) is 0 Å². The van der Waals surface area contributed by atoms with Crippen LogP contribution in [0.5, 0.6) is 0 Å². The number of aliphatic imine (C=N–C) groups is 2. The molecule has 0 amide bonds. The maximum absolute atomic E-state index is 13.7. The van der Waals surface area contributed by atoms with E-state index in [1.807, 2.05) is 0 Å². The topological polar surface area (TPSA) is 101 Å². The molecule has 6 N–H and O–H groups in total. The van der Waals surface area contributed by atoms with Crippen LogP contribution >= 0.6 is 12.2 Å². The first-order valence-electron chi connectivity index (χ1n) is 6.04. The van der Waals surface area contributed by atoms with Crippen LogP contribution < -0.4 is 22.1 Å². The average Bonchev–Trinajstić information content (AvgIpc) is 2.45. The molecular formula is C13H17FN6S. The van der Waals surface area contributed by atoms with Crippen LogP contribution in [0, 0.1) is 5.82 Å². The molecule has 0 bridgehead atoms. The molecular weight excluding hydrogens is 291 g/mol. The Bertz CT molecular complexity index is 582. The minimum atomic E-state index is -0.483. The van der Waals surface area contributed by atoms with Crippen molar-refractivity contribution in [2.75, 3.05) is 11.9 Å². The normalized spacial score (nSPS) is 12.0. The number of hydrogen-bond donors (Lipinski definition) is 4. The van der Waals surface area contributed by atoms with Crippen LogP contribution in [0.1, 0.15) is 6.92 Å². The van der Waals surface area contributed by atoms with Crippen molar-refractivity contribution in [2.45, 2.75) is 6.92 Å². The molecule has 0 saturated heterocycles. The third kappa shape index (κ3) is 6.48. The molecule has 0 aliphatic heterocycles. The van der Waals surface area contributed by atoms with Gasteiger partial charge in [0, 0.05) is 17.6 Å². The number of nitrogens with one attached hydrogen (secondary N) is 2. The van der Waals surface area contributed by atoms with Crippen LogP contribution in [-0.4, -0.2) is 24.2 Å². The van der Waals surface area contributed by atoms with Crippen LogP contribution in [0.2, 0.25) is 0 Å². The SMILES string of the molecule is CC(=S)NC/C(N)=C/Nc1ccc(N=CN=CN)c(F)c1. The number of nitrogens with two attached hydrogens (primary N) is 2. The summed E-state index contributed by atoms with van der Waals surface area (Å²) in [5.74, 6) is -0.483. The van der Waals surface area contributed by atoms with Crippen molar-refractivity contribution in [3.8, 4) is 0 Å². The standard InChI is InChI=1S/C13H17FN6S/c1-9(21)18-5-10(16)6-19-11-2-3-13(12(14)4-11)20-8-17-7-15/h2-4,6-8,19H,5,16H2,1H3,(H,18,21)(H2,15,17,20)/b10-6-. The van der Waals surface area contributed by atoms with Crippen LogP contribution in [0.15, 0.2) is 40.1 Å². The van der Waals surface area contributed by atoms with E-state index >= 15 is 0 Å². The lowest BCUT2D eigenvalue weighted by atomic mass is 10.2. The maximum atomic E-state index is 13.7. The van der Waals surface area contributed by atoms with E-state index in [9.17, 15) is 4.39 Å². The monoisotopic (exact) mass is 308 g/mol. The maximum Gasteiger partial charge on any atom is 0.150 e. The Kier molecular flexibility index (Phi) is 6.82. The summed E-state index contributed by atoms with van der Waals surface area (Å²) in [7, 11) is 0. The Labute approximate surface area is 127 Å². The van der Waals surface area contributed by atoms with Crippen molar-refractivity contribution < 1.29 is 4.39 Å². The highest BCUT2D eigenvalue weighted by Gasteiger charge is 2.01. The number of benzene rings is 1. The first-order valence-corrected chi connectivity index (χ1v) is 6.44. The minimum absolute atomic E-state index is 0.168. The molecule has 0 saturated carbocycles. The summed E-state index contributed by atoms with van der Waals surface area (Å²) in [4.78, 5) is 8.02. The predicted octanol–water partition coefficient (Wildman–Crippen LogP) is 1.62. The van der Waals surface area contributed by atoms with E-state index in [4.69, 9.17) is 23.7 Å². The second kappa shape index (κ2) is 8.64. The molecule has 0 aliphatic rings. The van der Waals surface area contributed by atoms with Gasteiger partial charge in [-0.3, -0.25) is 0 Å². The lowest BCUT2D eigenvalue weighted by Gasteiger charge is -2.06. The quantitative estimate of drug-likeness (QED) is 0.363. The zero-order chi connectivity index (χ0) is 15.7. The molecule has 0 aromatic heterocycles. The molecule has 0 radical (unpaired) electrons. The molecule has 112 valence electrons. The first-order chi connectivity index (χ1) is 10.0. The van der Waals surface area contributed by atoms with E-state index in [-0.39, 0.29) is 5.69 Å². The van der Waals surface area contributed by atoms with Gasteiger partial charge >= 0.3 is 0 Å². The average molecular weight is 308 g/mol. The Hall–Kier alpha value is -2.48. The van der Waals surface area contributed by atoms with Gasteiger partial charge in [-0.2, -0.15) is 0 Å². The lowest BCUT2D eigenvalue weighted by Crippen LogP contribution is -2.24. The molecule has 0 aliphatic carbocycles. The Morgan fingerprint density at radius 1 is 1.48 bits per heavy atom. The summed E-state index contributed by atoms with van der Waals surface area (Å²) < 4.78 is 13.7. The number of rotatable bonds is 6. The van der Waals surface area contributed by atoms with Gasteiger partial charge in [-0.25, -0.2) is 14.4 Å². The molecule has 0 unspecified atom stereocenters. The molecule has 8 heteroatoms. The molecule has 0 atom stereocenters. The van der Waals surface area contributed by atoms with Crippen molar-refractivity contribution in [2.24, 2.45) is 21.5 Å². The van der Waals surface area contributed by atoms with Crippen LogP contribution in [0.25, 0.3) is 0 Å². The van der Waals surface area contributed by atoms with Gasteiger partial charge in [0.05, 0.1) is 17.9 Å². The zero-order valence-electron chi connectivity index (χ0n) is 11.5. The smallest absolute Gasteiger partial charge is 0.150 e. The highest BCUT2D eigenvalue weighted by molar-refractivity contribution is 7.80. The van der Waals surface area contributed by atoms with Gasteiger partial charge in [-0.05, 0) is 25.1 Å². The van der Waals surface area contributed by atoms with E-state index in [0.29, 0.717) is 22.9 Å². The van der Waals surface area contributed by atoms with E-state index in [0.717, 1.165) is 6.34 Å². The minimum Gasteiger partial charge on any atom is -0.399 e. The van der Waals surface area contributed by atoms with Gasteiger partial charge < -0.3 is 22.1 Å². The molecule has 1 rings (SSSR count). The fraction of sp³-hybridized carbons (Fsp3) is 0.154. The second-order valence-electron chi connectivity index (χ2n) is 3.98. The van der Waals surface area contributed by atoms with E-state index in [1.165, 1.54) is 18.5 Å². The molecule has 0 heterocycles. The van der Waals surface area contributed by atoms with Gasteiger partial charge in [0.2, 0.25) is 0 Å². The summed E-state index contributed by atoms with van der Waals surface area (Å²) in [6, 6.07) is 4.49.